The van der Waals surface area contributed by atoms with E-state index in [0.29, 0.717) is 5.75 Å². The van der Waals surface area contributed by atoms with Gasteiger partial charge in [0.25, 0.3) is 0 Å². The maximum Gasteiger partial charge on any atom is 0.150 e. The molecular formula is C14H26O2S. The van der Waals surface area contributed by atoms with Crippen LogP contribution in [-0.4, -0.2) is 23.1 Å². The Morgan fingerprint density at radius 1 is 1.06 bits per heavy atom. The van der Waals surface area contributed by atoms with Gasteiger partial charge in [-0.3, -0.25) is 9.59 Å². The minimum Gasteiger partial charge on any atom is -0.299 e. The van der Waals surface area contributed by atoms with Gasteiger partial charge in [-0.15, -0.1) is 0 Å². The lowest BCUT2D eigenvalue weighted by atomic mass is 9.88. The van der Waals surface area contributed by atoms with Crippen molar-refractivity contribution < 1.29 is 9.59 Å². The molecule has 100 valence electrons. The summed E-state index contributed by atoms with van der Waals surface area (Å²) < 4.78 is 0. The zero-order valence-electron chi connectivity index (χ0n) is 11.7. The van der Waals surface area contributed by atoms with E-state index in [1.54, 1.807) is 11.8 Å². The average Bonchev–Trinajstić information content (AvgIpc) is 2.21. The molecule has 0 aromatic heterocycles. The summed E-state index contributed by atoms with van der Waals surface area (Å²) in [5.74, 6) is 1.66. The van der Waals surface area contributed by atoms with Gasteiger partial charge in [-0.1, -0.05) is 47.0 Å². The van der Waals surface area contributed by atoms with E-state index in [0.717, 1.165) is 5.75 Å². The predicted molar refractivity (Wildman–Crippen MR) is 75.6 cm³/mol. The summed E-state index contributed by atoms with van der Waals surface area (Å²) in [7, 11) is 0. The Labute approximate surface area is 110 Å². The fourth-order valence-electron chi connectivity index (χ4n) is 1.31. The summed E-state index contributed by atoms with van der Waals surface area (Å²) in [6.07, 6.45) is 5.05. The van der Waals surface area contributed by atoms with Crippen LogP contribution < -0.4 is 0 Å². The Bertz CT molecular complexity index is 241. The van der Waals surface area contributed by atoms with Crippen LogP contribution in [0.2, 0.25) is 0 Å². The van der Waals surface area contributed by atoms with E-state index in [2.05, 4.69) is 6.92 Å². The Hall–Kier alpha value is -0.310. The lowest BCUT2D eigenvalue weighted by molar-refractivity contribution is -0.130. The molecule has 17 heavy (non-hydrogen) atoms. The molecule has 0 aliphatic heterocycles. The first-order valence-corrected chi connectivity index (χ1v) is 7.66. The third kappa shape index (κ3) is 9.40. The molecular weight excluding hydrogens is 232 g/mol. The first-order valence-electron chi connectivity index (χ1n) is 6.50. The van der Waals surface area contributed by atoms with Crippen molar-refractivity contribution in [1.29, 1.82) is 0 Å². The number of carbonyl (C=O) groups is 2. The molecule has 0 aromatic rings. The van der Waals surface area contributed by atoms with Crippen molar-refractivity contribution in [3.8, 4) is 0 Å². The van der Waals surface area contributed by atoms with E-state index < -0.39 is 0 Å². The second-order valence-corrected chi connectivity index (χ2v) is 6.61. The van der Waals surface area contributed by atoms with E-state index in [1.807, 2.05) is 20.8 Å². The maximum atomic E-state index is 11.6. The highest BCUT2D eigenvalue weighted by atomic mass is 32.2. The fourth-order valence-corrected chi connectivity index (χ4v) is 2.19. The highest BCUT2D eigenvalue weighted by molar-refractivity contribution is 7.99. The first kappa shape index (κ1) is 16.7. The molecule has 0 saturated carbocycles. The Kier molecular flexibility index (Phi) is 8.57. The molecule has 0 N–H and O–H groups in total. The van der Waals surface area contributed by atoms with Crippen LogP contribution in [0.25, 0.3) is 0 Å². The molecule has 0 unspecified atom stereocenters. The minimum atomic E-state index is -0.387. The smallest absolute Gasteiger partial charge is 0.150 e. The highest BCUT2D eigenvalue weighted by Crippen LogP contribution is 2.17. The Morgan fingerprint density at radius 2 is 1.71 bits per heavy atom. The summed E-state index contributed by atoms with van der Waals surface area (Å²) in [6.45, 7) is 7.77. The van der Waals surface area contributed by atoms with Crippen molar-refractivity contribution >= 4 is 23.3 Å². The SMILES string of the molecule is CCCCCCSCC(=O)CC(=O)C(C)(C)C. The standard InChI is InChI=1S/C14H26O2S/c1-5-6-7-8-9-17-11-12(15)10-13(16)14(2,3)4/h5-11H2,1-4H3. The van der Waals surface area contributed by atoms with Crippen LogP contribution in [0.4, 0.5) is 0 Å². The number of ketones is 2. The van der Waals surface area contributed by atoms with Crippen LogP contribution in [0.15, 0.2) is 0 Å². The van der Waals surface area contributed by atoms with Gasteiger partial charge in [-0.05, 0) is 12.2 Å². The van der Waals surface area contributed by atoms with Gasteiger partial charge in [-0.25, -0.2) is 0 Å². The van der Waals surface area contributed by atoms with Crippen LogP contribution >= 0.6 is 11.8 Å². The topological polar surface area (TPSA) is 34.1 Å². The van der Waals surface area contributed by atoms with Crippen molar-refractivity contribution in [2.75, 3.05) is 11.5 Å². The summed E-state index contributed by atoms with van der Waals surface area (Å²) in [5, 5.41) is 0. The molecule has 0 spiro atoms. The summed E-state index contributed by atoms with van der Waals surface area (Å²) in [4.78, 5) is 23.2. The van der Waals surface area contributed by atoms with Crippen molar-refractivity contribution in [3.63, 3.8) is 0 Å². The molecule has 0 rings (SSSR count). The number of hydrogen-bond donors (Lipinski definition) is 0. The van der Waals surface area contributed by atoms with Gasteiger partial charge in [0.15, 0.2) is 0 Å². The number of rotatable bonds is 9. The van der Waals surface area contributed by atoms with Crippen molar-refractivity contribution in [1.82, 2.24) is 0 Å². The second-order valence-electron chi connectivity index (χ2n) is 5.50. The third-order valence-corrected chi connectivity index (χ3v) is 3.70. The Balaban J connectivity index is 3.57. The molecule has 0 saturated heterocycles. The van der Waals surface area contributed by atoms with Crippen molar-refractivity contribution in [3.05, 3.63) is 0 Å². The summed E-state index contributed by atoms with van der Waals surface area (Å²) >= 11 is 1.66. The van der Waals surface area contributed by atoms with Gasteiger partial charge in [-0.2, -0.15) is 11.8 Å². The third-order valence-electron chi connectivity index (χ3n) is 2.60. The average molecular weight is 258 g/mol. The number of thioether (sulfide) groups is 1. The molecule has 0 aromatic carbocycles. The first-order chi connectivity index (χ1) is 7.88. The largest absolute Gasteiger partial charge is 0.299 e. The van der Waals surface area contributed by atoms with E-state index in [4.69, 9.17) is 0 Å². The molecule has 0 bridgehead atoms. The number of carbonyl (C=O) groups excluding carboxylic acids is 2. The van der Waals surface area contributed by atoms with Crippen LogP contribution in [0.5, 0.6) is 0 Å². The number of hydrogen-bond acceptors (Lipinski definition) is 3. The quantitative estimate of drug-likeness (QED) is 0.465. The van der Waals surface area contributed by atoms with Gasteiger partial charge in [0.1, 0.15) is 11.6 Å². The zero-order valence-corrected chi connectivity index (χ0v) is 12.5. The van der Waals surface area contributed by atoms with Gasteiger partial charge in [0, 0.05) is 5.41 Å². The molecule has 0 heterocycles. The molecule has 0 radical (unpaired) electrons. The van der Waals surface area contributed by atoms with E-state index in [9.17, 15) is 9.59 Å². The van der Waals surface area contributed by atoms with Gasteiger partial charge < -0.3 is 0 Å². The second kappa shape index (κ2) is 8.73. The van der Waals surface area contributed by atoms with Gasteiger partial charge in [0.2, 0.25) is 0 Å². The minimum absolute atomic E-state index is 0.0501. The normalized spacial score (nSPS) is 11.5. The fraction of sp³-hybridized carbons (Fsp3) is 0.857. The van der Waals surface area contributed by atoms with Crippen LogP contribution in [0, 0.1) is 5.41 Å². The maximum absolute atomic E-state index is 11.6. The van der Waals surface area contributed by atoms with E-state index >= 15 is 0 Å². The monoisotopic (exact) mass is 258 g/mol. The van der Waals surface area contributed by atoms with E-state index in [-0.39, 0.29) is 23.4 Å². The summed E-state index contributed by atoms with van der Waals surface area (Å²) in [6, 6.07) is 0. The molecule has 3 heteroatoms. The lowest BCUT2D eigenvalue weighted by Crippen LogP contribution is -2.23. The predicted octanol–water partition coefficient (Wildman–Crippen LogP) is 3.87. The van der Waals surface area contributed by atoms with Crippen molar-refractivity contribution in [2.45, 2.75) is 59.8 Å². The van der Waals surface area contributed by atoms with Gasteiger partial charge >= 0.3 is 0 Å². The number of unbranched alkanes of at least 4 members (excludes halogenated alkanes) is 3. The highest BCUT2D eigenvalue weighted by Gasteiger charge is 2.23. The Morgan fingerprint density at radius 3 is 2.24 bits per heavy atom. The molecule has 2 nitrogen and oxygen atoms in total. The van der Waals surface area contributed by atoms with Crippen LogP contribution in [0.3, 0.4) is 0 Å². The molecule has 0 amide bonds. The molecule has 0 aliphatic rings. The van der Waals surface area contributed by atoms with Crippen LogP contribution in [0.1, 0.15) is 59.8 Å². The van der Waals surface area contributed by atoms with E-state index in [1.165, 1.54) is 25.7 Å². The number of Topliss-reactive ketones (excluding diaryl/α,β-unsaturated/α-hetero) is 2. The molecule has 0 atom stereocenters. The van der Waals surface area contributed by atoms with Crippen molar-refractivity contribution in [2.24, 2.45) is 5.41 Å². The molecule has 0 aliphatic carbocycles. The summed E-state index contributed by atoms with van der Waals surface area (Å²) in [5.41, 5.74) is -0.387. The van der Waals surface area contributed by atoms with Gasteiger partial charge in [0.05, 0.1) is 12.2 Å². The zero-order chi connectivity index (χ0) is 13.3. The van der Waals surface area contributed by atoms with Crippen LogP contribution in [-0.2, 0) is 9.59 Å². The molecule has 0 fully saturated rings. The lowest BCUT2D eigenvalue weighted by Gasteiger charge is -2.15.